The van der Waals surface area contributed by atoms with Crippen LogP contribution in [0.2, 0.25) is 0 Å². The highest BCUT2D eigenvalue weighted by molar-refractivity contribution is 5.91. The van der Waals surface area contributed by atoms with Crippen LogP contribution in [0.25, 0.3) is 10.9 Å². The van der Waals surface area contributed by atoms with E-state index in [0.29, 0.717) is 31.7 Å². The molecule has 1 saturated carbocycles. The highest BCUT2D eigenvalue weighted by Gasteiger charge is 2.33. The molecule has 4 aromatic rings. The summed E-state index contributed by atoms with van der Waals surface area (Å²) >= 11 is 0. The number of ketones is 1. The molecular weight excluding hydrogens is 460 g/mol. The van der Waals surface area contributed by atoms with Crippen LogP contribution in [0.4, 0.5) is 0 Å². The molecule has 1 N–H and O–H groups in total. The van der Waals surface area contributed by atoms with E-state index in [1.807, 2.05) is 48.5 Å². The molecule has 0 spiro atoms. The summed E-state index contributed by atoms with van der Waals surface area (Å²) in [5, 5.41) is 1.07. The third-order valence-corrected chi connectivity index (χ3v) is 7.52. The van der Waals surface area contributed by atoms with E-state index in [1.54, 1.807) is 0 Å². The predicted molar refractivity (Wildman–Crippen MR) is 146 cm³/mol. The number of carbonyl (C=O) groups is 2. The van der Waals surface area contributed by atoms with Gasteiger partial charge in [0.1, 0.15) is 11.8 Å². The maximum atomic E-state index is 13.4. The number of Topliss-reactive ketones (excluding diaryl/α,β-unsaturated/α-hetero) is 1. The largest absolute Gasteiger partial charge is 0.468 e. The highest BCUT2D eigenvalue weighted by atomic mass is 16.5. The molecule has 5 heteroatoms. The van der Waals surface area contributed by atoms with Gasteiger partial charge in [-0.25, -0.2) is 0 Å². The minimum atomic E-state index is -0.512. The fourth-order valence-electron chi connectivity index (χ4n) is 5.63. The Balaban J connectivity index is 1.56. The van der Waals surface area contributed by atoms with Gasteiger partial charge in [-0.05, 0) is 35.6 Å². The van der Waals surface area contributed by atoms with Crippen LogP contribution in [0, 0.1) is 0 Å². The van der Waals surface area contributed by atoms with Crippen LogP contribution in [-0.4, -0.2) is 34.8 Å². The van der Waals surface area contributed by atoms with Gasteiger partial charge in [-0.15, -0.1) is 0 Å². The van der Waals surface area contributed by atoms with Crippen molar-refractivity contribution in [3.05, 3.63) is 107 Å². The molecule has 0 aliphatic heterocycles. The molecule has 0 bridgehead atoms. The first-order valence-corrected chi connectivity index (χ1v) is 13.2. The fourth-order valence-corrected chi connectivity index (χ4v) is 5.63. The lowest BCUT2D eigenvalue weighted by Gasteiger charge is -2.31. The average molecular weight is 495 g/mol. The topological polar surface area (TPSA) is 62.4 Å². The molecule has 1 fully saturated rings. The zero-order chi connectivity index (χ0) is 25.6. The van der Waals surface area contributed by atoms with Crippen molar-refractivity contribution in [3.8, 4) is 0 Å². The molecule has 1 aromatic heterocycles. The van der Waals surface area contributed by atoms with Crippen molar-refractivity contribution in [1.29, 1.82) is 0 Å². The monoisotopic (exact) mass is 494 g/mol. The molecule has 1 aliphatic rings. The summed E-state index contributed by atoms with van der Waals surface area (Å²) in [5.41, 5.74) is 5.30. The first kappa shape index (κ1) is 25.0. The number of ether oxygens (including phenoxy) is 1. The Labute approximate surface area is 218 Å². The van der Waals surface area contributed by atoms with E-state index < -0.39 is 6.04 Å². The highest BCUT2D eigenvalue weighted by Crippen LogP contribution is 2.36. The van der Waals surface area contributed by atoms with Crippen LogP contribution < -0.4 is 0 Å². The lowest BCUT2D eigenvalue weighted by Crippen LogP contribution is -2.43. The molecule has 0 amide bonds. The standard InChI is InChI=1S/C32H34N2O3/c1-37-32(36)29(34(21-23-12-4-2-5-13-23)22-24-14-6-3-7-15-24)20-27-25-16-8-10-18-28(25)33-31(27)26-17-9-11-19-30(26)35/h2-8,10,12-16,18,26,29,33H,9,11,17,19-22H2,1H3/t26?,29-/m0/s1. The molecule has 190 valence electrons. The van der Waals surface area contributed by atoms with E-state index in [-0.39, 0.29) is 11.9 Å². The van der Waals surface area contributed by atoms with E-state index >= 15 is 0 Å². The van der Waals surface area contributed by atoms with Crippen molar-refractivity contribution in [1.82, 2.24) is 9.88 Å². The molecule has 2 atom stereocenters. The Morgan fingerprint density at radius 2 is 1.54 bits per heavy atom. The summed E-state index contributed by atoms with van der Waals surface area (Å²) in [6.07, 6.45) is 3.93. The summed E-state index contributed by atoms with van der Waals surface area (Å²) in [7, 11) is 1.46. The Morgan fingerprint density at radius 3 is 2.16 bits per heavy atom. The van der Waals surface area contributed by atoms with E-state index in [0.717, 1.165) is 52.5 Å². The lowest BCUT2D eigenvalue weighted by molar-refractivity contribution is -0.147. The molecule has 5 nitrogen and oxygen atoms in total. The van der Waals surface area contributed by atoms with Gasteiger partial charge in [-0.3, -0.25) is 14.5 Å². The van der Waals surface area contributed by atoms with Crippen LogP contribution in [0.15, 0.2) is 84.9 Å². The number of methoxy groups -OCH3 is 1. The second-order valence-electron chi connectivity index (χ2n) is 9.95. The quantitative estimate of drug-likeness (QED) is 0.282. The van der Waals surface area contributed by atoms with Crippen LogP contribution in [0.3, 0.4) is 0 Å². The zero-order valence-electron chi connectivity index (χ0n) is 21.4. The third kappa shape index (κ3) is 5.67. The molecule has 0 saturated heterocycles. The number of esters is 1. The fraction of sp³-hybridized carbons (Fsp3) is 0.312. The van der Waals surface area contributed by atoms with Crippen molar-refractivity contribution in [2.24, 2.45) is 0 Å². The number of aromatic nitrogens is 1. The van der Waals surface area contributed by atoms with Gasteiger partial charge in [-0.2, -0.15) is 0 Å². The van der Waals surface area contributed by atoms with E-state index in [4.69, 9.17) is 4.74 Å². The van der Waals surface area contributed by atoms with Gasteiger partial charge in [0.25, 0.3) is 0 Å². The van der Waals surface area contributed by atoms with Crippen LogP contribution in [0.1, 0.15) is 54.0 Å². The maximum absolute atomic E-state index is 13.4. The SMILES string of the molecule is COC(=O)[C@H](Cc1c(C2CCCCC2=O)[nH]c2ccccc12)N(Cc1ccccc1)Cc1ccccc1. The minimum Gasteiger partial charge on any atom is -0.468 e. The number of nitrogens with one attached hydrogen (secondary N) is 1. The molecule has 1 heterocycles. The van der Waals surface area contributed by atoms with Gasteiger partial charge in [0, 0.05) is 42.5 Å². The van der Waals surface area contributed by atoms with Crippen molar-refractivity contribution in [2.75, 3.05) is 7.11 Å². The average Bonchev–Trinajstić information content (AvgIpc) is 3.30. The molecule has 5 rings (SSSR count). The van der Waals surface area contributed by atoms with Gasteiger partial charge < -0.3 is 9.72 Å². The number of aromatic amines is 1. The normalized spacial score (nSPS) is 16.7. The second kappa shape index (κ2) is 11.6. The van der Waals surface area contributed by atoms with E-state index in [2.05, 4.69) is 46.3 Å². The Hall–Kier alpha value is -3.70. The first-order valence-electron chi connectivity index (χ1n) is 13.2. The Kier molecular flexibility index (Phi) is 7.81. The molecular formula is C32H34N2O3. The molecule has 3 aromatic carbocycles. The maximum Gasteiger partial charge on any atom is 0.323 e. The molecule has 1 unspecified atom stereocenters. The summed E-state index contributed by atoms with van der Waals surface area (Å²) in [6.45, 7) is 1.21. The van der Waals surface area contributed by atoms with E-state index in [9.17, 15) is 9.59 Å². The number of carbonyl (C=O) groups excluding carboxylic acids is 2. The lowest BCUT2D eigenvalue weighted by atomic mass is 9.83. The van der Waals surface area contributed by atoms with Crippen LogP contribution in [-0.2, 0) is 33.8 Å². The van der Waals surface area contributed by atoms with Gasteiger partial charge in [0.05, 0.1) is 13.0 Å². The van der Waals surface area contributed by atoms with Crippen molar-refractivity contribution >= 4 is 22.7 Å². The summed E-state index contributed by atoms with van der Waals surface area (Å²) in [5.74, 6) is -0.122. The van der Waals surface area contributed by atoms with Crippen LogP contribution in [0.5, 0.6) is 0 Å². The predicted octanol–water partition coefficient (Wildman–Crippen LogP) is 6.18. The number of para-hydroxylation sites is 1. The first-order chi connectivity index (χ1) is 18.1. The van der Waals surface area contributed by atoms with Crippen molar-refractivity contribution in [3.63, 3.8) is 0 Å². The number of nitrogens with zero attached hydrogens (tertiary/aromatic N) is 1. The number of hydrogen-bond donors (Lipinski definition) is 1. The number of benzene rings is 3. The molecule has 1 aliphatic carbocycles. The number of fused-ring (bicyclic) bond motifs is 1. The number of H-pyrrole nitrogens is 1. The molecule has 0 radical (unpaired) electrons. The Bertz CT molecular complexity index is 1300. The van der Waals surface area contributed by atoms with Crippen molar-refractivity contribution in [2.45, 2.75) is 57.2 Å². The third-order valence-electron chi connectivity index (χ3n) is 7.52. The van der Waals surface area contributed by atoms with Crippen LogP contribution >= 0.6 is 0 Å². The minimum absolute atomic E-state index is 0.147. The van der Waals surface area contributed by atoms with Crippen molar-refractivity contribution < 1.29 is 14.3 Å². The number of rotatable bonds is 9. The van der Waals surface area contributed by atoms with E-state index in [1.165, 1.54) is 7.11 Å². The van der Waals surface area contributed by atoms with Gasteiger partial charge in [0.15, 0.2) is 0 Å². The van der Waals surface area contributed by atoms with Gasteiger partial charge in [0.2, 0.25) is 0 Å². The van der Waals surface area contributed by atoms with Gasteiger partial charge in [-0.1, -0.05) is 85.3 Å². The smallest absolute Gasteiger partial charge is 0.323 e. The summed E-state index contributed by atoms with van der Waals surface area (Å²) in [6, 6.07) is 28.1. The zero-order valence-corrected chi connectivity index (χ0v) is 21.4. The Morgan fingerprint density at radius 1 is 0.919 bits per heavy atom. The molecule has 37 heavy (non-hydrogen) atoms. The van der Waals surface area contributed by atoms with Gasteiger partial charge >= 0.3 is 5.97 Å². The summed E-state index contributed by atoms with van der Waals surface area (Å²) < 4.78 is 5.38. The second-order valence-corrected chi connectivity index (χ2v) is 9.95. The number of hydrogen-bond acceptors (Lipinski definition) is 4. The summed E-state index contributed by atoms with van der Waals surface area (Å²) in [4.78, 5) is 32.2.